The number of hydrogen-bond donors (Lipinski definition) is 1. The summed E-state index contributed by atoms with van der Waals surface area (Å²) in [4.78, 5) is 10.7. The SMILES string of the molecule is Nc1ccnc(N2CCC3(CCOC3)C2)n1. The molecule has 5 heteroatoms. The Balaban J connectivity index is 1.78. The minimum atomic E-state index is 0.341. The summed E-state index contributed by atoms with van der Waals surface area (Å²) in [5, 5.41) is 0. The van der Waals surface area contributed by atoms with Crippen molar-refractivity contribution in [1.82, 2.24) is 9.97 Å². The highest BCUT2D eigenvalue weighted by atomic mass is 16.5. The summed E-state index contributed by atoms with van der Waals surface area (Å²) in [5.74, 6) is 1.29. The molecule has 86 valence electrons. The summed E-state index contributed by atoms with van der Waals surface area (Å²) < 4.78 is 5.50. The van der Waals surface area contributed by atoms with Crippen LogP contribution in [0.2, 0.25) is 0 Å². The van der Waals surface area contributed by atoms with Gasteiger partial charge in [0.1, 0.15) is 5.82 Å². The number of aromatic nitrogens is 2. The summed E-state index contributed by atoms with van der Waals surface area (Å²) in [6.07, 6.45) is 4.05. The van der Waals surface area contributed by atoms with E-state index in [9.17, 15) is 0 Å². The van der Waals surface area contributed by atoms with E-state index >= 15 is 0 Å². The van der Waals surface area contributed by atoms with Crippen LogP contribution in [0.25, 0.3) is 0 Å². The van der Waals surface area contributed by atoms with Crippen LogP contribution in [0.5, 0.6) is 0 Å². The second-order valence-electron chi connectivity index (χ2n) is 4.76. The maximum atomic E-state index is 5.67. The fourth-order valence-corrected chi connectivity index (χ4v) is 2.59. The zero-order valence-electron chi connectivity index (χ0n) is 9.22. The van der Waals surface area contributed by atoms with Gasteiger partial charge in [-0.2, -0.15) is 4.98 Å². The molecule has 3 rings (SSSR count). The van der Waals surface area contributed by atoms with Crippen LogP contribution in [0.1, 0.15) is 12.8 Å². The third kappa shape index (κ3) is 1.61. The van der Waals surface area contributed by atoms with Crippen LogP contribution in [0.15, 0.2) is 12.3 Å². The Kier molecular flexibility index (Phi) is 2.21. The van der Waals surface area contributed by atoms with Crippen LogP contribution >= 0.6 is 0 Å². The molecule has 2 saturated heterocycles. The molecular formula is C11H16N4O. The summed E-state index contributed by atoms with van der Waals surface area (Å²) in [5.41, 5.74) is 6.01. The first kappa shape index (κ1) is 9.84. The summed E-state index contributed by atoms with van der Waals surface area (Å²) >= 11 is 0. The van der Waals surface area contributed by atoms with E-state index in [0.717, 1.165) is 38.7 Å². The largest absolute Gasteiger partial charge is 0.384 e. The van der Waals surface area contributed by atoms with Gasteiger partial charge in [0.05, 0.1) is 6.61 Å². The van der Waals surface area contributed by atoms with Gasteiger partial charge in [-0.15, -0.1) is 0 Å². The van der Waals surface area contributed by atoms with Crippen LogP contribution in [0, 0.1) is 5.41 Å². The fraction of sp³-hybridized carbons (Fsp3) is 0.636. The van der Waals surface area contributed by atoms with Gasteiger partial charge < -0.3 is 15.4 Å². The van der Waals surface area contributed by atoms with Gasteiger partial charge in [0.2, 0.25) is 5.95 Å². The van der Waals surface area contributed by atoms with Crippen molar-refractivity contribution >= 4 is 11.8 Å². The van der Waals surface area contributed by atoms with Crippen molar-refractivity contribution in [2.24, 2.45) is 5.41 Å². The summed E-state index contributed by atoms with van der Waals surface area (Å²) in [6.45, 7) is 3.78. The van der Waals surface area contributed by atoms with E-state index in [2.05, 4.69) is 14.9 Å². The summed E-state index contributed by atoms with van der Waals surface area (Å²) in [6, 6.07) is 1.72. The highest BCUT2D eigenvalue weighted by Gasteiger charge is 2.41. The van der Waals surface area contributed by atoms with Crippen molar-refractivity contribution in [2.45, 2.75) is 12.8 Å². The molecule has 16 heavy (non-hydrogen) atoms. The van der Waals surface area contributed by atoms with E-state index < -0.39 is 0 Å². The van der Waals surface area contributed by atoms with Crippen LogP contribution in [0.4, 0.5) is 11.8 Å². The van der Waals surface area contributed by atoms with Crippen molar-refractivity contribution < 1.29 is 4.74 Å². The lowest BCUT2D eigenvalue weighted by atomic mass is 9.87. The van der Waals surface area contributed by atoms with E-state index in [1.165, 1.54) is 6.42 Å². The molecule has 1 spiro atoms. The molecule has 2 aliphatic rings. The van der Waals surface area contributed by atoms with Gasteiger partial charge in [-0.1, -0.05) is 0 Å². The van der Waals surface area contributed by atoms with Gasteiger partial charge in [0, 0.05) is 31.3 Å². The van der Waals surface area contributed by atoms with Crippen LogP contribution in [-0.4, -0.2) is 36.3 Å². The molecule has 0 aromatic carbocycles. The van der Waals surface area contributed by atoms with Gasteiger partial charge in [0.15, 0.2) is 0 Å². The average molecular weight is 220 g/mol. The molecule has 0 bridgehead atoms. The van der Waals surface area contributed by atoms with Gasteiger partial charge >= 0.3 is 0 Å². The Morgan fingerprint density at radius 2 is 2.38 bits per heavy atom. The lowest BCUT2D eigenvalue weighted by Gasteiger charge is -2.21. The van der Waals surface area contributed by atoms with Crippen molar-refractivity contribution in [3.63, 3.8) is 0 Å². The van der Waals surface area contributed by atoms with Crippen molar-refractivity contribution in [1.29, 1.82) is 0 Å². The number of rotatable bonds is 1. The number of nitrogens with two attached hydrogens (primary N) is 1. The highest BCUT2D eigenvalue weighted by Crippen LogP contribution is 2.39. The van der Waals surface area contributed by atoms with E-state index in [4.69, 9.17) is 10.5 Å². The van der Waals surface area contributed by atoms with Gasteiger partial charge in [-0.05, 0) is 18.9 Å². The Hall–Kier alpha value is -1.36. The van der Waals surface area contributed by atoms with Crippen molar-refractivity contribution in [2.75, 3.05) is 36.9 Å². The molecule has 0 aliphatic carbocycles. The normalized spacial score (nSPS) is 29.1. The molecule has 1 aromatic rings. The predicted molar refractivity (Wildman–Crippen MR) is 61.1 cm³/mol. The number of anilines is 2. The van der Waals surface area contributed by atoms with Crippen LogP contribution in [0.3, 0.4) is 0 Å². The maximum absolute atomic E-state index is 5.67. The van der Waals surface area contributed by atoms with E-state index in [0.29, 0.717) is 11.2 Å². The molecule has 5 nitrogen and oxygen atoms in total. The molecular weight excluding hydrogens is 204 g/mol. The molecule has 2 N–H and O–H groups in total. The minimum absolute atomic E-state index is 0.341. The van der Waals surface area contributed by atoms with E-state index in [1.807, 2.05) is 0 Å². The second-order valence-corrected chi connectivity index (χ2v) is 4.76. The fourth-order valence-electron chi connectivity index (χ4n) is 2.59. The smallest absolute Gasteiger partial charge is 0.227 e. The quantitative estimate of drug-likeness (QED) is 0.753. The molecule has 3 heterocycles. The predicted octanol–water partition coefficient (Wildman–Crippen LogP) is 0.676. The third-order valence-corrected chi connectivity index (χ3v) is 3.57. The molecule has 2 fully saturated rings. The first-order valence-corrected chi connectivity index (χ1v) is 5.69. The third-order valence-electron chi connectivity index (χ3n) is 3.57. The number of nitrogen functional groups attached to an aromatic ring is 1. The lowest BCUT2D eigenvalue weighted by molar-refractivity contribution is 0.160. The Bertz CT molecular complexity index is 389. The second kappa shape index (κ2) is 3.59. The highest BCUT2D eigenvalue weighted by molar-refractivity contribution is 5.39. The van der Waals surface area contributed by atoms with Crippen LogP contribution in [-0.2, 0) is 4.74 Å². The average Bonchev–Trinajstić information content (AvgIpc) is 2.90. The first-order valence-electron chi connectivity index (χ1n) is 5.69. The molecule has 0 saturated carbocycles. The van der Waals surface area contributed by atoms with Crippen molar-refractivity contribution in [3.05, 3.63) is 12.3 Å². The standard InChI is InChI=1S/C11H16N4O/c12-9-1-4-13-10(14-9)15-5-2-11(7-15)3-6-16-8-11/h1,4H,2-3,5-8H2,(H2,12,13,14). The molecule has 1 atom stereocenters. The Morgan fingerprint density at radius 3 is 3.12 bits per heavy atom. The molecule has 2 aliphatic heterocycles. The van der Waals surface area contributed by atoms with Crippen molar-refractivity contribution in [3.8, 4) is 0 Å². The molecule has 0 amide bonds. The topological polar surface area (TPSA) is 64.3 Å². The minimum Gasteiger partial charge on any atom is -0.384 e. The van der Waals surface area contributed by atoms with Gasteiger partial charge in [-0.3, -0.25) is 0 Å². The molecule has 1 unspecified atom stereocenters. The number of nitrogens with zero attached hydrogens (tertiary/aromatic N) is 3. The monoisotopic (exact) mass is 220 g/mol. The maximum Gasteiger partial charge on any atom is 0.227 e. The Labute approximate surface area is 94.6 Å². The lowest BCUT2D eigenvalue weighted by Crippen LogP contribution is -2.28. The Morgan fingerprint density at radius 1 is 1.44 bits per heavy atom. The van der Waals surface area contributed by atoms with Crippen LogP contribution < -0.4 is 10.6 Å². The molecule has 1 aromatic heterocycles. The zero-order chi connectivity index (χ0) is 11.0. The first-order chi connectivity index (χ1) is 7.77. The zero-order valence-corrected chi connectivity index (χ0v) is 9.22. The summed E-state index contributed by atoms with van der Waals surface area (Å²) in [7, 11) is 0. The number of ether oxygens (including phenoxy) is 1. The van der Waals surface area contributed by atoms with E-state index in [1.54, 1.807) is 12.3 Å². The van der Waals surface area contributed by atoms with E-state index in [-0.39, 0.29) is 0 Å². The molecule has 0 radical (unpaired) electrons. The number of hydrogen-bond acceptors (Lipinski definition) is 5. The van der Waals surface area contributed by atoms with Gasteiger partial charge in [-0.25, -0.2) is 4.98 Å². The van der Waals surface area contributed by atoms with Gasteiger partial charge in [0.25, 0.3) is 0 Å².